The Morgan fingerprint density at radius 1 is 1.40 bits per heavy atom. The summed E-state index contributed by atoms with van der Waals surface area (Å²) in [5, 5.41) is 12.2. The first-order valence-electron chi connectivity index (χ1n) is 6.67. The van der Waals surface area contributed by atoms with Gasteiger partial charge in [-0.2, -0.15) is 0 Å². The fourth-order valence-corrected chi connectivity index (χ4v) is 1.73. The summed E-state index contributed by atoms with van der Waals surface area (Å²) in [6.07, 6.45) is -1.10. The number of hydrogen-bond donors (Lipinski definition) is 2. The van der Waals surface area contributed by atoms with Crippen LogP contribution in [-0.4, -0.2) is 37.4 Å². The van der Waals surface area contributed by atoms with Crippen LogP contribution in [0.1, 0.15) is 31.1 Å². The minimum atomic E-state index is -0.581. The van der Waals surface area contributed by atoms with Crippen molar-refractivity contribution in [1.29, 1.82) is 0 Å². The van der Waals surface area contributed by atoms with Crippen molar-refractivity contribution in [1.82, 2.24) is 5.32 Å². The molecular weight excluding hydrogens is 258 g/mol. The SMILES string of the molecule is COCCNC(=O)C(C)Oc1ccc([C@@H](C)O)cc1C. The van der Waals surface area contributed by atoms with Crippen molar-refractivity contribution in [2.75, 3.05) is 20.3 Å². The number of methoxy groups -OCH3 is 1. The van der Waals surface area contributed by atoms with Crippen molar-refractivity contribution in [2.24, 2.45) is 0 Å². The van der Waals surface area contributed by atoms with E-state index < -0.39 is 12.2 Å². The zero-order valence-corrected chi connectivity index (χ0v) is 12.5. The predicted molar refractivity (Wildman–Crippen MR) is 76.8 cm³/mol. The number of carbonyl (C=O) groups excluding carboxylic acids is 1. The molecule has 112 valence electrons. The minimum Gasteiger partial charge on any atom is -0.481 e. The molecule has 20 heavy (non-hydrogen) atoms. The maximum atomic E-state index is 11.8. The quantitative estimate of drug-likeness (QED) is 0.745. The topological polar surface area (TPSA) is 67.8 Å². The number of ether oxygens (including phenoxy) is 2. The number of hydrogen-bond acceptors (Lipinski definition) is 4. The van der Waals surface area contributed by atoms with Gasteiger partial charge < -0.3 is 19.9 Å². The molecular formula is C15H23NO4. The highest BCUT2D eigenvalue weighted by molar-refractivity contribution is 5.80. The molecule has 5 nitrogen and oxygen atoms in total. The molecule has 0 aliphatic heterocycles. The standard InChI is InChI=1S/C15H23NO4/c1-10-9-13(11(2)17)5-6-14(10)20-12(3)15(18)16-7-8-19-4/h5-6,9,11-12,17H,7-8H2,1-4H3,(H,16,18)/t11-,12?/m1/s1. The Hall–Kier alpha value is -1.59. The highest BCUT2D eigenvalue weighted by Gasteiger charge is 2.15. The summed E-state index contributed by atoms with van der Waals surface area (Å²) in [4.78, 5) is 11.8. The number of aliphatic hydroxyl groups is 1. The lowest BCUT2D eigenvalue weighted by Gasteiger charge is -2.17. The molecule has 1 aromatic rings. The lowest BCUT2D eigenvalue weighted by molar-refractivity contribution is -0.127. The summed E-state index contributed by atoms with van der Waals surface area (Å²) in [5.74, 6) is 0.463. The van der Waals surface area contributed by atoms with E-state index in [-0.39, 0.29) is 5.91 Å². The fourth-order valence-electron chi connectivity index (χ4n) is 1.73. The first kappa shape index (κ1) is 16.5. The maximum absolute atomic E-state index is 11.8. The van der Waals surface area contributed by atoms with Crippen LogP contribution in [0.5, 0.6) is 5.75 Å². The van der Waals surface area contributed by atoms with Crippen LogP contribution in [0.15, 0.2) is 18.2 Å². The third-order valence-electron chi connectivity index (χ3n) is 2.96. The highest BCUT2D eigenvalue weighted by Crippen LogP contribution is 2.23. The van der Waals surface area contributed by atoms with Crippen LogP contribution in [0, 0.1) is 6.92 Å². The molecule has 0 spiro atoms. The van der Waals surface area contributed by atoms with Crippen molar-refractivity contribution < 1.29 is 19.4 Å². The number of rotatable bonds is 7. The van der Waals surface area contributed by atoms with Gasteiger partial charge in [0.15, 0.2) is 6.10 Å². The minimum absolute atomic E-state index is 0.180. The Labute approximate surface area is 119 Å². The summed E-state index contributed by atoms with van der Waals surface area (Å²) in [7, 11) is 1.58. The number of carbonyl (C=O) groups is 1. The van der Waals surface area contributed by atoms with Gasteiger partial charge in [-0.3, -0.25) is 4.79 Å². The van der Waals surface area contributed by atoms with Gasteiger partial charge in [0.25, 0.3) is 5.91 Å². The predicted octanol–water partition coefficient (Wildman–Crippen LogP) is 1.58. The molecule has 1 aromatic carbocycles. The van der Waals surface area contributed by atoms with Crippen LogP contribution in [0.25, 0.3) is 0 Å². The molecule has 0 bridgehead atoms. The third-order valence-corrected chi connectivity index (χ3v) is 2.96. The average Bonchev–Trinajstić information content (AvgIpc) is 2.40. The Bertz CT molecular complexity index is 445. The van der Waals surface area contributed by atoms with Gasteiger partial charge in [0.2, 0.25) is 0 Å². The van der Waals surface area contributed by atoms with Crippen LogP contribution in [0.3, 0.4) is 0 Å². The van der Waals surface area contributed by atoms with Gasteiger partial charge in [0, 0.05) is 13.7 Å². The van der Waals surface area contributed by atoms with Crippen LogP contribution < -0.4 is 10.1 Å². The Kier molecular flexibility index (Phi) is 6.48. The van der Waals surface area contributed by atoms with Crippen molar-refractivity contribution in [3.05, 3.63) is 29.3 Å². The number of nitrogens with one attached hydrogen (secondary N) is 1. The zero-order valence-electron chi connectivity index (χ0n) is 12.5. The van der Waals surface area contributed by atoms with Crippen molar-refractivity contribution in [2.45, 2.75) is 33.0 Å². The van der Waals surface area contributed by atoms with E-state index in [9.17, 15) is 9.90 Å². The van der Waals surface area contributed by atoms with Crippen LogP contribution in [0.4, 0.5) is 0 Å². The van der Waals surface area contributed by atoms with Crippen LogP contribution in [-0.2, 0) is 9.53 Å². The van der Waals surface area contributed by atoms with E-state index in [2.05, 4.69) is 5.32 Å². The van der Waals surface area contributed by atoms with Crippen LogP contribution in [0.2, 0.25) is 0 Å². The second kappa shape index (κ2) is 7.87. The molecule has 2 atom stereocenters. The molecule has 0 fully saturated rings. The Balaban J connectivity index is 2.61. The van der Waals surface area contributed by atoms with Crippen LogP contribution >= 0.6 is 0 Å². The van der Waals surface area contributed by atoms with Gasteiger partial charge in [-0.05, 0) is 44.0 Å². The monoisotopic (exact) mass is 281 g/mol. The number of aliphatic hydroxyl groups excluding tert-OH is 1. The zero-order chi connectivity index (χ0) is 15.1. The third kappa shape index (κ3) is 4.83. The van der Waals surface area contributed by atoms with E-state index in [1.54, 1.807) is 33.1 Å². The Morgan fingerprint density at radius 3 is 2.65 bits per heavy atom. The molecule has 1 rings (SSSR count). The molecule has 0 heterocycles. The molecule has 0 aliphatic carbocycles. The lowest BCUT2D eigenvalue weighted by atomic mass is 10.1. The van der Waals surface area contributed by atoms with Gasteiger partial charge in [0.1, 0.15) is 5.75 Å². The van der Waals surface area contributed by atoms with E-state index in [0.29, 0.717) is 18.9 Å². The second-order valence-corrected chi connectivity index (χ2v) is 4.74. The first-order chi connectivity index (χ1) is 9.45. The number of benzene rings is 1. The largest absolute Gasteiger partial charge is 0.481 e. The smallest absolute Gasteiger partial charge is 0.260 e. The molecule has 0 aromatic heterocycles. The first-order valence-corrected chi connectivity index (χ1v) is 6.67. The van der Waals surface area contributed by atoms with Gasteiger partial charge in [-0.1, -0.05) is 6.07 Å². The molecule has 5 heteroatoms. The van der Waals surface area contributed by atoms with E-state index in [0.717, 1.165) is 11.1 Å². The summed E-state index contributed by atoms with van der Waals surface area (Å²) >= 11 is 0. The molecule has 1 unspecified atom stereocenters. The summed E-state index contributed by atoms with van der Waals surface area (Å²) < 4.78 is 10.5. The normalized spacial score (nSPS) is 13.7. The highest BCUT2D eigenvalue weighted by atomic mass is 16.5. The van der Waals surface area contributed by atoms with Crippen molar-refractivity contribution in [3.63, 3.8) is 0 Å². The van der Waals surface area contributed by atoms with Crippen molar-refractivity contribution in [3.8, 4) is 5.75 Å². The molecule has 2 N–H and O–H groups in total. The van der Waals surface area contributed by atoms with E-state index in [1.165, 1.54) is 0 Å². The maximum Gasteiger partial charge on any atom is 0.260 e. The van der Waals surface area contributed by atoms with Gasteiger partial charge >= 0.3 is 0 Å². The second-order valence-electron chi connectivity index (χ2n) is 4.74. The van der Waals surface area contributed by atoms with Gasteiger partial charge in [-0.25, -0.2) is 0 Å². The van der Waals surface area contributed by atoms with Gasteiger partial charge in [0.05, 0.1) is 12.7 Å². The summed E-state index contributed by atoms with van der Waals surface area (Å²) in [5.41, 5.74) is 1.71. The van der Waals surface area contributed by atoms with Crippen molar-refractivity contribution >= 4 is 5.91 Å². The van der Waals surface area contributed by atoms with E-state index in [4.69, 9.17) is 9.47 Å². The molecule has 1 amide bonds. The molecule has 0 aliphatic rings. The molecule has 0 radical (unpaired) electrons. The lowest BCUT2D eigenvalue weighted by Crippen LogP contribution is -2.38. The number of aryl methyl sites for hydroxylation is 1. The van der Waals surface area contributed by atoms with E-state index >= 15 is 0 Å². The van der Waals surface area contributed by atoms with Gasteiger partial charge in [-0.15, -0.1) is 0 Å². The molecule has 0 saturated carbocycles. The average molecular weight is 281 g/mol. The Morgan fingerprint density at radius 2 is 2.10 bits per heavy atom. The fraction of sp³-hybridized carbons (Fsp3) is 0.533. The van der Waals surface area contributed by atoms with E-state index in [1.807, 2.05) is 13.0 Å². The molecule has 0 saturated heterocycles. The summed E-state index contributed by atoms with van der Waals surface area (Å²) in [6.45, 7) is 6.23. The number of amides is 1. The summed E-state index contributed by atoms with van der Waals surface area (Å²) in [6, 6.07) is 5.43.